The zero-order chi connectivity index (χ0) is 16.5. The molecule has 0 saturated carbocycles. The molecular weight excluding hydrogens is 342 g/mol. The number of pyridine rings is 1. The van der Waals surface area contributed by atoms with Gasteiger partial charge in [-0.15, -0.1) is 0 Å². The van der Waals surface area contributed by atoms with Crippen LogP contribution in [0.5, 0.6) is 0 Å². The predicted molar refractivity (Wildman–Crippen MR) is 99.1 cm³/mol. The Morgan fingerprint density at radius 2 is 2.00 bits per heavy atom. The Bertz CT molecular complexity index is 841. The fourth-order valence-corrected chi connectivity index (χ4v) is 4.14. The Labute approximate surface area is 149 Å². The first-order chi connectivity index (χ1) is 11.7. The molecule has 0 radical (unpaired) electrons. The lowest BCUT2D eigenvalue weighted by atomic mass is 10.1. The van der Waals surface area contributed by atoms with Crippen molar-refractivity contribution in [3.8, 4) is 0 Å². The first kappa shape index (κ1) is 15.7. The van der Waals surface area contributed by atoms with Crippen LogP contribution in [-0.4, -0.2) is 51.5 Å². The van der Waals surface area contributed by atoms with Gasteiger partial charge in [0.1, 0.15) is 0 Å². The monoisotopic (exact) mass is 357 g/mol. The van der Waals surface area contributed by atoms with E-state index in [1.54, 1.807) is 11.2 Å². The van der Waals surface area contributed by atoms with Crippen molar-refractivity contribution in [3.63, 3.8) is 0 Å². The van der Waals surface area contributed by atoms with Crippen molar-refractivity contribution in [2.45, 2.75) is 0 Å². The Morgan fingerprint density at radius 3 is 2.83 bits per heavy atom. The van der Waals surface area contributed by atoms with Crippen LogP contribution in [0.2, 0.25) is 0 Å². The van der Waals surface area contributed by atoms with Crippen molar-refractivity contribution in [1.82, 2.24) is 15.0 Å². The van der Waals surface area contributed by atoms with Crippen molar-refractivity contribution in [2.75, 3.05) is 26.3 Å². The molecule has 2 saturated heterocycles. The zero-order valence-corrected chi connectivity index (χ0v) is 14.5. The Kier molecular flexibility index (Phi) is 4.32. The van der Waals surface area contributed by atoms with Gasteiger partial charge in [-0.25, -0.2) is 10.0 Å². The smallest absolute Gasteiger partial charge is 0.280 e. The number of hydrazine groups is 1. The van der Waals surface area contributed by atoms with Crippen molar-refractivity contribution < 1.29 is 9.53 Å². The molecule has 0 atom stereocenters. The number of amides is 1. The standard InChI is InChI=1S/C17H15N3O2S2/c21-16-14(24-17(23)20(16)19-7-9-22-10-8-19)11-13-4-1-3-12-5-2-6-18-15(12)13/h1-6,11H,7-10H2. The Balaban J connectivity index is 1.67. The second-order valence-electron chi connectivity index (χ2n) is 5.48. The van der Waals surface area contributed by atoms with Crippen LogP contribution in [0.3, 0.4) is 0 Å². The van der Waals surface area contributed by atoms with Gasteiger partial charge in [-0.05, 0) is 12.1 Å². The molecule has 1 amide bonds. The summed E-state index contributed by atoms with van der Waals surface area (Å²) in [5.74, 6) is -0.0696. The van der Waals surface area contributed by atoms with E-state index in [0.717, 1.165) is 16.5 Å². The predicted octanol–water partition coefficient (Wildman–Crippen LogP) is 2.68. The highest BCUT2D eigenvalue weighted by Crippen LogP contribution is 2.34. The number of benzene rings is 1. The summed E-state index contributed by atoms with van der Waals surface area (Å²) in [6, 6.07) is 9.87. The number of thioether (sulfide) groups is 1. The molecule has 0 aliphatic carbocycles. The highest BCUT2D eigenvalue weighted by molar-refractivity contribution is 8.26. The van der Waals surface area contributed by atoms with E-state index in [1.807, 2.05) is 41.4 Å². The molecule has 0 bridgehead atoms. The number of fused-ring (bicyclic) bond motifs is 1. The number of hydrogen-bond donors (Lipinski definition) is 0. The van der Waals surface area contributed by atoms with Gasteiger partial charge >= 0.3 is 0 Å². The third-order valence-corrected chi connectivity index (χ3v) is 5.28. The first-order valence-corrected chi connectivity index (χ1v) is 8.91. The zero-order valence-electron chi connectivity index (χ0n) is 12.8. The number of carbonyl (C=O) groups is 1. The molecule has 0 spiro atoms. The third-order valence-electron chi connectivity index (χ3n) is 3.99. The van der Waals surface area contributed by atoms with E-state index in [0.29, 0.717) is 35.5 Å². The molecule has 2 aliphatic rings. The van der Waals surface area contributed by atoms with Gasteiger partial charge in [0.25, 0.3) is 5.91 Å². The van der Waals surface area contributed by atoms with Crippen molar-refractivity contribution >= 4 is 51.2 Å². The van der Waals surface area contributed by atoms with Crippen LogP contribution in [0.1, 0.15) is 5.56 Å². The summed E-state index contributed by atoms with van der Waals surface area (Å²) in [6.45, 7) is 2.58. The topological polar surface area (TPSA) is 45.7 Å². The lowest BCUT2D eigenvalue weighted by Crippen LogP contribution is -2.50. The van der Waals surface area contributed by atoms with E-state index in [-0.39, 0.29) is 5.91 Å². The van der Waals surface area contributed by atoms with Crippen LogP contribution >= 0.6 is 24.0 Å². The molecule has 0 unspecified atom stereocenters. The molecule has 0 N–H and O–H groups in total. The third kappa shape index (κ3) is 2.84. The molecule has 1 aromatic carbocycles. The van der Waals surface area contributed by atoms with Gasteiger partial charge in [-0.3, -0.25) is 9.78 Å². The average Bonchev–Trinajstić information content (AvgIpc) is 2.90. The summed E-state index contributed by atoms with van der Waals surface area (Å²) in [5, 5.41) is 4.62. The fourth-order valence-electron chi connectivity index (χ4n) is 2.84. The van der Waals surface area contributed by atoms with E-state index >= 15 is 0 Å². The number of nitrogens with zero attached hydrogens (tertiary/aromatic N) is 3. The van der Waals surface area contributed by atoms with Gasteiger partial charge in [0.15, 0.2) is 4.32 Å². The Hall–Kier alpha value is -1.80. The summed E-state index contributed by atoms with van der Waals surface area (Å²) in [5.41, 5.74) is 1.81. The molecule has 24 heavy (non-hydrogen) atoms. The van der Waals surface area contributed by atoms with Crippen LogP contribution in [0.25, 0.3) is 17.0 Å². The quantitative estimate of drug-likeness (QED) is 0.608. The molecule has 122 valence electrons. The maximum Gasteiger partial charge on any atom is 0.280 e. The number of rotatable bonds is 2. The maximum atomic E-state index is 12.8. The molecule has 1 aromatic heterocycles. The average molecular weight is 357 g/mol. The maximum absolute atomic E-state index is 12.8. The SMILES string of the molecule is O=C1C(=Cc2cccc3cccnc23)SC(=S)N1N1CCOCC1. The summed E-state index contributed by atoms with van der Waals surface area (Å²) >= 11 is 6.75. The summed E-state index contributed by atoms with van der Waals surface area (Å²) in [6.07, 6.45) is 3.65. The number of carbonyl (C=O) groups excluding carboxylic acids is 1. The lowest BCUT2D eigenvalue weighted by molar-refractivity contribution is -0.138. The number of thiocarbonyl (C=S) groups is 1. The minimum atomic E-state index is -0.0696. The van der Waals surface area contributed by atoms with Gasteiger partial charge in [0.2, 0.25) is 0 Å². The van der Waals surface area contributed by atoms with E-state index in [1.165, 1.54) is 11.8 Å². The van der Waals surface area contributed by atoms with Gasteiger partial charge in [0.05, 0.1) is 23.6 Å². The fraction of sp³-hybridized carbons (Fsp3) is 0.235. The largest absolute Gasteiger partial charge is 0.379 e. The minimum Gasteiger partial charge on any atom is -0.379 e. The highest BCUT2D eigenvalue weighted by Gasteiger charge is 2.37. The van der Waals surface area contributed by atoms with Crippen LogP contribution in [0, 0.1) is 0 Å². The molecule has 5 nitrogen and oxygen atoms in total. The van der Waals surface area contributed by atoms with E-state index in [9.17, 15) is 4.79 Å². The number of hydrogen-bond acceptors (Lipinski definition) is 6. The second kappa shape index (κ2) is 6.60. The van der Waals surface area contributed by atoms with Crippen LogP contribution in [-0.2, 0) is 9.53 Å². The number of para-hydroxylation sites is 1. The van der Waals surface area contributed by atoms with Gasteiger partial charge in [-0.1, -0.05) is 48.2 Å². The van der Waals surface area contributed by atoms with Crippen molar-refractivity contribution in [3.05, 3.63) is 47.0 Å². The molecule has 4 rings (SSSR count). The molecule has 3 heterocycles. The molecule has 7 heteroatoms. The normalized spacial score (nSPS) is 21.2. The van der Waals surface area contributed by atoms with Gasteiger partial charge in [0, 0.05) is 30.2 Å². The van der Waals surface area contributed by atoms with E-state index in [4.69, 9.17) is 17.0 Å². The second-order valence-corrected chi connectivity index (χ2v) is 7.16. The highest BCUT2D eigenvalue weighted by atomic mass is 32.2. The Morgan fingerprint density at radius 1 is 1.21 bits per heavy atom. The van der Waals surface area contributed by atoms with E-state index < -0.39 is 0 Å². The summed E-state index contributed by atoms with van der Waals surface area (Å²) in [7, 11) is 0. The van der Waals surface area contributed by atoms with E-state index in [2.05, 4.69) is 4.98 Å². The van der Waals surface area contributed by atoms with Gasteiger partial charge < -0.3 is 4.74 Å². The first-order valence-electron chi connectivity index (χ1n) is 7.68. The lowest BCUT2D eigenvalue weighted by Gasteiger charge is -2.33. The van der Waals surface area contributed by atoms with Crippen LogP contribution in [0.15, 0.2) is 41.4 Å². The van der Waals surface area contributed by atoms with Crippen molar-refractivity contribution in [1.29, 1.82) is 0 Å². The number of ether oxygens (including phenoxy) is 1. The molecule has 2 aromatic rings. The van der Waals surface area contributed by atoms with Crippen molar-refractivity contribution in [2.24, 2.45) is 0 Å². The molecule has 2 aliphatic heterocycles. The summed E-state index contributed by atoms with van der Waals surface area (Å²) in [4.78, 5) is 17.9. The number of morpholine rings is 1. The minimum absolute atomic E-state index is 0.0696. The van der Waals surface area contributed by atoms with Crippen LogP contribution in [0.4, 0.5) is 0 Å². The van der Waals surface area contributed by atoms with Gasteiger partial charge in [-0.2, -0.15) is 0 Å². The summed E-state index contributed by atoms with van der Waals surface area (Å²) < 4.78 is 5.92. The van der Waals surface area contributed by atoms with Crippen LogP contribution < -0.4 is 0 Å². The molecule has 2 fully saturated rings. The molecular formula is C17H15N3O2S2. The number of aromatic nitrogens is 1.